The molecule has 4 fully saturated rings. The van der Waals surface area contributed by atoms with Crippen LogP contribution in [0.5, 0.6) is 6.01 Å². The molecule has 0 radical (unpaired) electrons. The fourth-order valence-electron chi connectivity index (χ4n) is 9.74. The molecule has 0 amide bonds. The average molecular weight is 572 g/mol. The Bertz CT molecular complexity index is 1400. The summed E-state index contributed by atoms with van der Waals surface area (Å²) in [4.78, 5) is 21.2. The van der Waals surface area contributed by atoms with Crippen molar-refractivity contribution >= 4 is 5.82 Å². The highest BCUT2D eigenvalue weighted by Crippen LogP contribution is 2.48. The average Bonchev–Trinajstić information content (AvgIpc) is 3.58. The van der Waals surface area contributed by atoms with Gasteiger partial charge in [-0.05, 0) is 69.7 Å². The monoisotopic (exact) mass is 571 g/mol. The number of nitrogens with zero attached hydrogens (tertiary/aromatic N) is 6. The molecule has 1 N–H and O–H groups in total. The van der Waals surface area contributed by atoms with Crippen LogP contribution in [0, 0.1) is 18.4 Å². The minimum Gasteiger partial charge on any atom is -0.461 e. The molecule has 222 valence electrons. The van der Waals surface area contributed by atoms with Gasteiger partial charge in [-0.1, -0.05) is 24.3 Å². The zero-order valence-electron chi connectivity index (χ0n) is 24.7. The Kier molecular flexibility index (Phi) is 6.38. The van der Waals surface area contributed by atoms with Gasteiger partial charge in [-0.15, -0.1) is 5.43 Å². The van der Waals surface area contributed by atoms with Crippen molar-refractivity contribution in [2.24, 2.45) is 11.8 Å². The van der Waals surface area contributed by atoms with Crippen LogP contribution in [0.1, 0.15) is 67.3 Å². The van der Waals surface area contributed by atoms with Gasteiger partial charge in [0.2, 0.25) is 0 Å². The van der Waals surface area contributed by atoms with E-state index in [2.05, 4.69) is 56.4 Å². The quantitative estimate of drug-likeness (QED) is 0.425. The van der Waals surface area contributed by atoms with Gasteiger partial charge >= 0.3 is 6.01 Å². The molecule has 1 aromatic carbocycles. The summed E-state index contributed by atoms with van der Waals surface area (Å²) in [6, 6.07) is 9.68. The van der Waals surface area contributed by atoms with Gasteiger partial charge in [0, 0.05) is 56.4 Å². The van der Waals surface area contributed by atoms with E-state index in [1.165, 1.54) is 23.1 Å². The number of aromatic nitrogens is 2. The molecule has 4 aliphatic heterocycles. The van der Waals surface area contributed by atoms with Crippen molar-refractivity contribution in [3.8, 4) is 6.01 Å². The number of hydrogen-bond donors (Lipinski definition) is 1. The van der Waals surface area contributed by atoms with Gasteiger partial charge in [0.05, 0.1) is 16.8 Å². The fourth-order valence-corrected chi connectivity index (χ4v) is 9.74. The summed E-state index contributed by atoms with van der Waals surface area (Å²) in [6.07, 6.45) is 8.38. The number of benzene rings is 1. The number of likely N-dealkylation sites (N-methyl/N-ethyl adjacent to an activating group) is 1. The lowest BCUT2D eigenvalue weighted by atomic mass is 9.71. The highest BCUT2D eigenvalue weighted by atomic mass is 19.1. The summed E-state index contributed by atoms with van der Waals surface area (Å²) in [6.45, 7) is 11.9. The predicted molar refractivity (Wildman–Crippen MR) is 159 cm³/mol. The summed E-state index contributed by atoms with van der Waals surface area (Å²) in [5.74, 6) is 1.89. The Labute approximate surface area is 248 Å². The molecule has 8 nitrogen and oxygen atoms in total. The van der Waals surface area contributed by atoms with Crippen LogP contribution in [0.2, 0.25) is 0 Å². The van der Waals surface area contributed by atoms with Crippen LogP contribution in [-0.4, -0.2) is 77.4 Å². The summed E-state index contributed by atoms with van der Waals surface area (Å²) in [5, 5.41) is 0. The smallest absolute Gasteiger partial charge is 0.318 e. The Morgan fingerprint density at radius 1 is 1.12 bits per heavy atom. The lowest BCUT2D eigenvalue weighted by Crippen LogP contribution is -2.52. The number of aryl methyl sites for hydroxylation is 1. The van der Waals surface area contributed by atoms with E-state index < -0.39 is 6.17 Å². The standard InChI is InChI=1S/C33H42FN7O/c1-35-38-29-23-10-11-24(29)18-40(17-23)30-26-20-39(2)33(13-5-8-22-7-3-4-9-27(22)33)16-28(26)36-31(37-30)42-21-32-12-6-14-41(32)19-25(34)15-32/h3-4,7,9,23-25,29,38H,5-6,8,10-21H2,2H3/t23-,24+,25-,29?,32+,33+/m1/s1. The van der Waals surface area contributed by atoms with Crippen LogP contribution < -0.4 is 15.1 Å². The van der Waals surface area contributed by atoms with Crippen LogP contribution in [0.15, 0.2) is 24.3 Å². The molecule has 1 saturated carbocycles. The van der Waals surface area contributed by atoms with Gasteiger partial charge in [-0.2, -0.15) is 21.5 Å². The second-order valence-electron chi connectivity index (χ2n) is 14.0. The molecule has 1 spiro atoms. The third-order valence-corrected chi connectivity index (χ3v) is 11.8. The van der Waals surface area contributed by atoms with Gasteiger partial charge < -0.3 is 9.64 Å². The normalized spacial score (nSPS) is 35.5. The first-order valence-corrected chi connectivity index (χ1v) is 16.1. The van der Waals surface area contributed by atoms with Crippen LogP contribution in [0.4, 0.5) is 10.2 Å². The van der Waals surface area contributed by atoms with Crippen molar-refractivity contribution in [1.82, 2.24) is 25.2 Å². The molecule has 2 bridgehead atoms. The Morgan fingerprint density at radius 3 is 2.79 bits per heavy atom. The molecule has 8 rings (SSSR count). The molecule has 42 heavy (non-hydrogen) atoms. The third-order valence-electron chi connectivity index (χ3n) is 11.8. The zero-order chi connectivity index (χ0) is 28.5. The van der Waals surface area contributed by atoms with E-state index in [0.29, 0.717) is 37.4 Å². The van der Waals surface area contributed by atoms with Crippen LogP contribution >= 0.6 is 0 Å². The van der Waals surface area contributed by atoms with E-state index in [-0.39, 0.29) is 17.1 Å². The van der Waals surface area contributed by atoms with E-state index in [0.717, 1.165) is 82.6 Å². The van der Waals surface area contributed by atoms with Gasteiger partial charge in [-0.25, -0.2) is 4.39 Å². The molecule has 9 heteroatoms. The van der Waals surface area contributed by atoms with E-state index in [9.17, 15) is 4.39 Å². The molecule has 3 saturated heterocycles. The summed E-state index contributed by atoms with van der Waals surface area (Å²) < 4.78 is 21.0. The number of fused-ring (bicyclic) bond motifs is 6. The molecule has 1 unspecified atom stereocenters. The molecule has 6 aliphatic rings. The number of ether oxygens (including phenoxy) is 1. The second-order valence-corrected chi connectivity index (χ2v) is 14.0. The molecule has 2 aromatic rings. The van der Waals surface area contributed by atoms with Gasteiger partial charge in [0.1, 0.15) is 24.6 Å². The summed E-state index contributed by atoms with van der Waals surface area (Å²) in [5.41, 5.74) is 8.00. The topological polar surface area (TPSA) is 61.1 Å². The van der Waals surface area contributed by atoms with Gasteiger partial charge in [0.15, 0.2) is 0 Å². The maximum Gasteiger partial charge on any atom is 0.318 e. The van der Waals surface area contributed by atoms with Gasteiger partial charge in [0.25, 0.3) is 0 Å². The van der Waals surface area contributed by atoms with E-state index >= 15 is 0 Å². The number of rotatable bonds is 5. The third kappa shape index (κ3) is 4.12. The number of hydrogen-bond acceptors (Lipinski definition) is 7. The van der Waals surface area contributed by atoms with Crippen LogP contribution in [0.3, 0.4) is 0 Å². The van der Waals surface area contributed by atoms with Crippen LogP contribution in [-0.2, 0) is 24.9 Å². The first kappa shape index (κ1) is 26.7. The highest BCUT2D eigenvalue weighted by molar-refractivity contribution is 5.54. The van der Waals surface area contributed by atoms with E-state index in [1.54, 1.807) is 0 Å². The fraction of sp³-hybridized carbons (Fsp3) is 0.667. The largest absolute Gasteiger partial charge is 0.461 e. The molecule has 1 aromatic heterocycles. The molecule has 5 heterocycles. The Balaban J connectivity index is 1.16. The summed E-state index contributed by atoms with van der Waals surface area (Å²) in [7, 11) is 2.27. The summed E-state index contributed by atoms with van der Waals surface area (Å²) >= 11 is 0. The molecule has 2 aliphatic carbocycles. The SMILES string of the molecule is [C-]#[N+]NC1[C@@H]2CC[C@H]1CN(c1nc(OC[C@@]34CCCN3C[C@H](F)C4)nc3c1CN(C)[C@@]1(CCCc4ccccc41)C3)C2. The number of piperidine rings is 1. The number of alkyl halides is 1. The van der Waals surface area contributed by atoms with Crippen molar-refractivity contribution in [2.75, 3.05) is 44.7 Å². The van der Waals surface area contributed by atoms with Crippen molar-refractivity contribution < 1.29 is 9.13 Å². The molecular formula is C33H42FN7O. The van der Waals surface area contributed by atoms with Gasteiger partial charge in [-0.3, -0.25) is 9.80 Å². The Hall–Kier alpha value is -2.96. The van der Waals surface area contributed by atoms with E-state index in [4.69, 9.17) is 21.3 Å². The maximum absolute atomic E-state index is 14.5. The number of nitrogens with one attached hydrogen (secondary N) is 1. The minimum atomic E-state index is -0.781. The lowest BCUT2D eigenvalue weighted by Gasteiger charge is -2.49. The highest BCUT2D eigenvalue weighted by Gasteiger charge is 2.50. The lowest BCUT2D eigenvalue weighted by molar-refractivity contribution is 0.0713. The Morgan fingerprint density at radius 2 is 1.95 bits per heavy atom. The minimum absolute atomic E-state index is 0.0792. The predicted octanol–water partition coefficient (Wildman–Crippen LogP) is 4.29. The first-order chi connectivity index (χ1) is 20.5. The first-order valence-electron chi connectivity index (χ1n) is 16.1. The zero-order valence-corrected chi connectivity index (χ0v) is 24.7. The molecule has 6 atom stereocenters. The number of anilines is 1. The number of halogens is 1. The van der Waals surface area contributed by atoms with Crippen molar-refractivity contribution in [3.05, 3.63) is 58.2 Å². The van der Waals surface area contributed by atoms with E-state index in [1.807, 2.05) is 0 Å². The second kappa shape index (κ2) is 10.1. The molecular weight excluding hydrogens is 529 g/mol. The van der Waals surface area contributed by atoms with Crippen molar-refractivity contribution in [1.29, 1.82) is 0 Å². The maximum atomic E-state index is 14.5. The van der Waals surface area contributed by atoms with Crippen molar-refractivity contribution in [3.63, 3.8) is 0 Å². The van der Waals surface area contributed by atoms with Crippen LogP contribution in [0.25, 0.3) is 4.95 Å². The van der Waals surface area contributed by atoms with Crippen molar-refractivity contribution in [2.45, 2.75) is 87.6 Å².